The smallest absolute Gasteiger partial charge is 0.191 e. The maximum absolute atomic E-state index is 5.44. The molecule has 0 unspecified atom stereocenters. The van der Waals surface area contributed by atoms with Gasteiger partial charge < -0.3 is 24.8 Å². The number of aliphatic imine (C=N–C) groups is 1. The van der Waals surface area contributed by atoms with Gasteiger partial charge in [0.2, 0.25) is 0 Å². The quantitative estimate of drug-likeness (QED) is 0.591. The number of methoxy groups -OCH3 is 3. The predicted molar refractivity (Wildman–Crippen MR) is 97.4 cm³/mol. The van der Waals surface area contributed by atoms with E-state index in [1.165, 1.54) is 0 Å². The molecule has 0 aliphatic heterocycles. The minimum absolute atomic E-state index is 0.519. The van der Waals surface area contributed by atoms with E-state index in [4.69, 9.17) is 14.2 Å². The topological polar surface area (TPSA) is 77.0 Å². The lowest BCUT2D eigenvalue weighted by molar-refractivity contribution is 0.347. The highest BCUT2D eigenvalue weighted by Crippen LogP contribution is 2.34. The fourth-order valence-electron chi connectivity index (χ4n) is 2.31. The molecule has 2 rings (SSSR count). The summed E-state index contributed by atoms with van der Waals surface area (Å²) in [7, 11) is 6.55. The van der Waals surface area contributed by atoms with Crippen molar-refractivity contribution in [2.24, 2.45) is 4.99 Å². The van der Waals surface area contributed by atoms with Gasteiger partial charge in [0.25, 0.3) is 0 Å². The predicted octanol–water partition coefficient (Wildman–Crippen LogP) is 1.97. The van der Waals surface area contributed by atoms with Crippen molar-refractivity contribution in [2.45, 2.75) is 13.1 Å². The standard InChI is InChI=1S/C18H24N4O3/c1-19-18(22-12-14-7-5-6-8-20-14)21-11-13-9-16(24-3)17(25-4)10-15(13)23-2/h5-10H,11-12H2,1-4H3,(H2,19,21,22). The van der Waals surface area contributed by atoms with Crippen LogP contribution in [0.3, 0.4) is 0 Å². The first-order chi connectivity index (χ1) is 12.2. The first kappa shape index (κ1) is 18.4. The van der Waals surface area contributed by atoms with E-state index >= 15 is 0 Å². The molecule has 0 amide bonds. The minimum Gasteiger partial charge on any atom is -0.496 e. The molecule has 134 valence electrons. The number of benzene rings is 1. The highest BCUT2D eigenvalue weighted by Gasteiger charge is 2.12. The molecular formula is C18H24N4O3. The van der Waals surface area contributed by atoms with E-state index in [-0.39, 0.29) is 0 Å². The summed E-state index contributed by atoms with van der Waals surface area (Å²) in [5, 5.41) is 6.48. The van der Waals surface area contributed by atoms with Crippen LogP contribution in [-0.2, 0) is 13.1 Å². The Kier molecular flexibility index (Phi) is 6.88. The fourth-order valence-corrected chi connectivity index (χ4v) is 2.31. The Morgan fingerprint density at radius 3 is 2.24 bits per heavy atom. The van der Waals surface area contributed by atoms with Crippen LogP contribution in [0.4, 0.5) is 0 Å². The van der Waals surface area contributed by atoms with Crippen molar-refractivity contribution in [2.75, 3.05) is 28.4 Å². The van der Waals surface area contributed by atoms with Gasteiger partial charge in [0.15, 0.2) is 17.5 Å². The molecule has 0 saturated heterocycles. The van der Waals surface area contributed by atoms with E-state index in [1.54, 1.807) is 40.6 Å². The van der Waals surface area contributed by atoms with E-state index in [9.17, 15) is 0 Å². The van der Waals surface area contributed by atoms with Crippen LogP contribution in [0.5, 0.6) is 17.2 Å². The van der Waals surface area contributed by atoms with E-state index in [0.29, 0.717) is 36.3 Å². The maximum atomic E-state index is 5.44. The lowest BCUT2D eigenvalue weighted by Crippen LogP contribution is -2.36. The normalized spacial score (nSPS) is 11.0. The van der Waals surface area contributed by atoms with Crippen molar-refractivity contribution >= 4 is 5.96 Å². The lowest BCUT2D eigenvalue weighted by atomic mass is 10.1. The van der Waals surface area contributed by atoms with Gasteiger partial charge >= 0.3 is 0 Å². The molecular weight excluding hydrogens is 320 g/mol. The maximum Gasteiger partial charge on any atom is 0.191 e. The molecule has 0 aliphatic rings. The first-order valence-electron chi connectivity index (χ1n) is 7.85. The number of nitrogens with zero attached hydrogens (tertiary/aromatic N) is 2. The Labute approximate surface area is 148 Å². The molecule has 0 radical (unpaired) electrons. The number of guanidine groups is 1. The second kappa shape index (κ2) is 9.36. The van der Waals surface area contributed by atoms with Crippen LogP contribution in [0.25, 0.3) is 0 Å². The lowest BCUT2D eigenvalue weighted by Gasteiger charge is -2.16. The number of hydrogen-bond donors (Lipinski definition) is 2. The molecule has 1 heterocycles. The van der Waals surface area contributed by atoms with Gasteiger partial charge in [-0.05, 0) is 18.2 Å². The number of rotatable bonds is 7. The molecule has 1 aromatic carbocycles. The monoisotopic (exact) mass is 344 g/mol. The number of pyridine rings is 1. The van der Waals surface area contributed by atoms with Crippen molar-refractivity contribution in [1.82, 2.24) is 15.6 Å². The molecule has 0 bridgehead atoms. The number of aromatic nitrogens is 1. The molecule has 7 nitrogen and oxygen atoms in total. The number of ether oxygens (including phenoxy) is 3. The minimum atomic E-state index is 0.519. The van der Waals surface area contributed by atoms with Gasteiger partial charge in [0.1, 0.15) is 5.75 Å². The van der Waals surface area contributed by atoms with Crippen LogP contribution in [-0.4, -0.2) is 39.3 Å². The van der Waals surface area contributed by atoms with Gasteiger partial charge in [-0.1, -0.05) is 6.07 Å². The molecule has 2 aromatic rings. The second-order valence-electron chi connectivity index (χ2n) is 5.12. The van der Waals surface area contributed by atoms with Gasteiger partial charge in [-0.25, -0.2) is 0 Å². The van der Waals surface area contributed by atoms with Crippen LogP contribution in [0.15, 0.2) is 41.5 Å². The Morgan fingerprint density at radius 2 is 1.64 bits per heavy atom. The van der Waals surface area contributed by atoms with Gasteiger partial charge in [-0.3, -0.25) is 9.98 Å². The SMILES string of the molecule is CN=C(NCc1ccccn1)NCc1cc(OC)c(OC)cc1OC. The van der Waals surface area contributed by atoms with Crippen molar-refractivity contribution in [3.63, 3.8) is 0 Å². The molecule has 1 aromatic heterocycles. The third-order valence-electron chi connectivity index (χ3n) is 3.62. The van der Waals surface area contributed by atoms with Gasteiger partial charge in [-0.15, -0.1) is 0 Å². The van der Waals surface area contributed by atoms with Crippen molar-refractivity contribution in [3.05, 3.63) is 47.8 Å². The summed E-state index contributed by atoms with van der Waals surface area (Å²) in [6, 6.07) is 9.49. The largest absolute Gasteiger partial charge is 0.496 e. The van der Waals surface area contributed by atoms with Gasteiger partial charge in [0.05, 0.1) is 33.6 Å². The average Bonchev–Trinajstić information content (AvgIpc) is 2.68. The second-order valence-corrected chi connectivity index (χ2v) is 5.12. The average molecular weight is 344 g/mol. The van der Waals surface area contributed by atoms with Crippen LogP contribution in [0.2, 0.25) is 0 Å². The van der Waals surface area contributed by atoms with Crippen LogP contribution < -0.4 is 24.8 Å². The Bertz CT molecular complexity index is 705. The molecule has 0 saturated carbocycles. The Balaban J connectivity index is 2.03. The summed E-state index contributed by atoms with van der Waals surface area (Å²) in [5.74, 6) is 2.66. The summed E-state index contributed by atoms with van der Waals surface area (Å²) in [6.07, 6.45) is 1.77. The Hall–Kier alpha value is -2.96. The van der Waals surface area contributed by atoms with Gasteiger partial charge in [-0.2, -0.15) is 0 Å². The third-order valence-corrected chi connectivity index (χ3v) is 3.62. The van der Waals surface area contributed by atoms with E-state index in [1.807, 2.05) is 24.3 Å². The fraction of sp³-hybridized carbons (Fsp3) is 0.333. The zero-order chi connectivity index (χ0) is 18.1. The van der Waals surface area contributed by atoms with Crippen LogP contribution in [0.1, 0.15) is 11.3 Å². The molecule has 0 atom stereocenters. The summed E-state index contributed by atoms with van der Waals surface area (Å²) >= 11 is 0. The summed E-state index contributed by atoms with van der Waals surface area (Å²) in [5.41, 5.74) is 1.87. The van der Waals surface area contributed by atoms with Crippen molar-refractivity contribution < 1.29 is 14.2 Å². The van der Waals surface area contributed by atoms with Crippen LogP contribution in [0, 0.1) is 0 Å². The highest BCUT2D eigenvalue weighted by atomic mass is 16.5. The molecule has 0 aliphatic carbocycles. The number of hydrogen-bond acceptors (Lipinski definition) is 5. The summed E-state index contributed by atoms with van der Waals surface area (Å²) in [6.45, 7) is 1.11. The van der Waals surface area contributed by atoms with E-state index in [2.05, 4.69) is 20.6 Å². The highest BCUT2D eigenvalue weighted by molar-refractivity contribution is 5.79. The first-order valence-corrected chi connectivity index (χ1v) is 7.85. The van der Waals surface area contributed by atoms with Crippen molar-refractivity contribution in [3.8, 4) is 17.2 Å². The molecule has 7 heteroatoms. The Morgan fingerprint density at radius 1 is 0.960 bits per heavy atom. The zero-order valence-electron chi connectivity index (χ0n) is 15.0. The van der Waals surface area contributed by atoms with E-state index in [0.717, 1.165) is 11.3 Å². The van der Waals surface area contributed by atoms with Gasteiger partial charge in [0, 0.05) is 31.4 Å². The summed E-state index contributed by atoms with van der Waals surface area (Å²) < 4.78 is 16.1. The van der Waals surface area contributed by atoms with Crippen molar-refractivity contribution in [1.29, 1.82) is 0 Å². The van der Waals surface area contributed by atoms with Crippen LogP contribution >= 0.6 is 0 Å². The molecule has 0 fully saturated rings. The third kappa shape index (κ3) is 5.00. The molecule has 2 N–H and O–H groups in total. The number of nitrogens with one attached hydrogen (secondary N) is 2. The molecule has 25 heavy (non-hydrogen) atoms. The zero-order valence-corrected chi connectivity index (χ0v) is 15.0. The summed E-state index contributed by atoms with van der Waals surface area (Å²) in [4.78, 5) is 8.50. The molecule has 0 spiro atoms. The van der Waals surface area contributed by atoms with E-state index < -0.39 is 0 Å².